The molecule has 0 aromatic rings. The molecule has 100 valence electrons. The molecule has 1 atom stereocenters. The van der Waals surface area contributed by atoms with Gasteiger partial charge in [-0.25, -0.2) is 0 Å². The molecule has 1 aliphatic carbocycles. The van der Waals surface area contributed by atoms with E-state index in [9.17, 15) is 0 Å². The Hall–Kier alpha value is -0.0800. The predicted octanol–water partition coefficient (Wildman–Crippen LogP) is 3.16. The second kappa shape index (κ2) is 5.71. The summed E-state index contributed by atoms with van der Waals surface area (Å²) in [5.41, 5.74) is 7.01. The summed E-state index contributed by atoms with van der Waals surface area (Å²) in [7, 11) is 0. The van der Waals surface area contributed by atoms with Gasteiger partial charge in [0.1, 0.15) is 0 Å². The standard InChI is InChI=1S/C15H30N2/c1-3-15(4-2,17-11-7-8-12-17)14(16)13-9-5-6-10-13/h13-14H,3-12,16H2,1-2H3. The van der Waals surface area contributed by atoms with Gasteiger partial charge in [-0.1, -0.05) is 26.7 Å². The van der Waals surface area contributed by atoms with Gasteiger partial charge in [0.05, 0.1) is 0 Å². The Balaban J connectivity index is 2.13. The van der Waals surface area contributed by atoms with Gasteiger partial charge in [-0.2, -0.15) is 0 Å². The lowest BCUT2D eigenvalue weighted by Crippen LogP contribution is -2.60. The molecule has 2 fully saturated rings. The molecule has 2 rings (SSSR count). The summed E-state index contributed by atoms with van der Waals surface area (Å²) in [6.07, 6.45) is 10.7. The van der Waals surface area contributed by atoms with Gasteiger partial charge in [0.25, 0.3) is 0 Å². The summed E-state index contributed by atoms with van der Waals surface area (Å²) in [5.74, 6) is 0.787. The lowest BCUT2D eigenvalue weighted by atomic mass is 9.76. The van der Waals surface area contributed by atoms with Crippen LogP contribution in [0.5, 0.6) is 0 Å². The zero-order valence-corrected chi connectivity index (χ0v) is 11.8. The van der Waals surface area contributed by atoms with E-state index >= 15 is 0 Å². The number of likely N-dealkylation sites (tertiary alicyclic amines) is 1. The van der Waals surface area contributed by atoms with E-state index < -0.39 is 0 Å². The van der Waals surface area contributed by atoms with Crippen molar-refractivity contribution in [3.05, 3.63) is 0 Å². The van der Waals surface area contributed by atoms with Gasteiger partial charge in [0, 0.05) is 11.6 Å². The second-order valence-corrected chi connectivity index (χ2v) is 6.08. The summed E-state index contributed by atoms with van der Waals surface area (Å²) in [4.78, 5) is 2.72. The highest BCUT2D eigenvalue weighted by molar-refractivity contribution is 5.02. The first-order chi connectivity index (χ1) is 8.24. The number of nitrogens with zero attached hydrogens (tertiary/aromatic N) is 1. The Kier molecular flexibility index (Phi) is 4.48. The molecule has 0 spiro atoms. The molecule has 0 bridgehead atoms. The van der Waals surface area contributed by atoms with Crippen LogP contribution >= 0.6 is 0 Å². The molecule has 0 amide bonds. The number of hydrogen-bond acceptors (Lipinski definition) is 2. The molecule has 2 nitrogen and oxygen atoms in total. The molecule has 0 aromatic carbocycles. The third-order valence-electron chi connectivity index (χ3n) is 5.49. The average Bonchev–Trinajstić information content (AvgIpc) is 3.04. The van der Waals surface area contributed by atoms with Crippen LogP contribution in [0.15, 0.2) is 0 Å². The molecular weight excluding hydrogens is 208 g/mol. The number of nitrogens with two attached hydrogens (primary N) is 1. The predicted molar refractivity (Wildman–Crippen MR) is 74.1 cm³/mol. The first kappa shape index (κ1) is 13.4. The quantitative estimate of drug-likeness (QED) is 0.797. The number of rotatable bonds is 5. The summed E-state index contributed by atoms with van der Waals surface area (Å²) in [5, 5.41) is 0. The minimum absolute atomic E-state index is 0.297. The molecule has 1 saturated heterocycles. The molecule has 0 aromatic heterocycles. The van der Waals surface area contributed by atoms with Crippen LogP contribution in [0.25, 0.3) is 0 Å². The third kappa shape index (κ3) is 2.39. The van der Waals surface area contributed by atoms with Crippen LogP contribution in [0.3, 0.4) is 0 Å². The average molecular weight is 238 g/mol. The Bertz CT molecular complexity index is 223. The molecule has 0 radical (unpaired) electrons. The maximum atomic E-state index is 6.72. The fraction of sp³-hybridized carbons (Fsp3) is 1.00. The second-order valence-electron chi connectivity index (χ2n) is 6.08. The summed E-state index contributed by atoms with van der Waals surface area (Å²) in [6.45, 7) is 7.25. The van der Waals surface area contributed by atoms with Crippen LogP contribution in [0.4, 0.5) is 0 Å². The zero-order valence-electron chi connectivity index (χ0n) is 11.8. The van der Waals surface area contributed by atoms with E-state index in [0.29, 0.717) is 11.6 Å². The van der Waals surface area contributed by atoms with Gasteiger partial charge in [-0.15, -0.1) is 0 Å². The van der Waals surface area contributed by atoms with Crippen molar-refractivity contribution in [3.8, 4) is 0 Å². The topological polar surface area (TPSA) is 29.3 Å². The van der Waals surface area contributed by atoms with Gasteiger partial charge in [0.2, 0.25) is 0 Å². The molecular formula is C15H30N2. The summed E-state index contributed by atoms with van der Waals surface area (Å²) < 4.78 is 0. The van der Waals surface area contributed by atoms with E-state index in [1.807, 2.05) is 0 Å². The maximum absolute atomic E-state index is 6.72. The van der Waals surface area contributed by atoms with E-state index in [-0.39, 0.29) is 0 Å². The van der Waals surface area contributed by atoms with Crippen LogP contribution < -0.4 is 5.73 Å². The molecule has 1 heterocycles. The molecule has 2 heteroatoms. The van der Waals surface area contributed by atoms with Crippen molar-refractivity contribution in [2.75, 3.05) is 13.1 Å². The Morgan fingerprint density at radius 1 is 1.06 bits per heavy atom. The van der Waals surface area contributed by atoms with Crippen LogP contribution in [0.2, 0.25) is 0 Å². The highest BCUT2D eigenvalue weighted by atomic mass is 15.2. The Morgan fingerprint density at radius 3 is 2.06 bits per heavy atom. The molecule has 2 aliphatic rings. The smallest absolute Gasteiger partial charge is 0.0357 e. The lowest BCUT2D eigenvalue weighted by Gasteiger charge is -2.47. The minimum atomic E-state index is 0.297. The van der Waals surface area contributed by atoms with E-state index in [1.54, 1.807) is 0 Å². The Morgan fingerprint density at radius 2 is 1.59 bits per heavy atom. The normalized spacial score (nSPS) is 25.6. The van der Waals surface area contributed by atoms with Gasteiger partial charge in [-0.3, -0.25) is 4.90 Å². The van der Waals surface area contributed by atoms with Gasteiger partial charge in [0.15, 0.2) is 0 Å². The van der Waals surface area contributed by atoms with E-state index in [2.05, 4.69) is 18.7 Å². The van der Waals surface area contributed by atoms with Gasteiger partial charge in [-0.05, 0) is 57.5 Å². The van der Waals surface area contributed by atoms with Crippen LogP contribution in [0.1, 0.15) is 65.2 Å². The SMILES string of the molecule is CCC(CC)(C(N)C1CCCC1)N1CCCC1. The fourth-order valence-electron chi connectivity index (χ4n) is 4.30. The first-order valence-corrected chi connectivity index (χ1v) is 7.75. The van der Waals surface area contributed by atoms with E-state index in [0.717, 1.165) is 5.92 Å². The molecule has 1 unspecified atom stereocenters. The zero-order chi connectivity index (χ0) is 12.3. The van der Waals surface area contributed by atoms with Crippen LogP contribution in [-0.2, 0) is 0 Å². The minimum Gasteiger partial charge on any atom is -0.326 e. The van der Waals surface area contributed by atoms with Crippen molar-refractivity contribution in [2.45, 2.75) is 76.8 Å². The fourth-order valence-corrected chi connectivity index (χ4v) is 4.30. The lowest BCUT2D eigenvalue weighted by molar-refractivity contribution is 0.0550. The molecule has 1 aliphatic heterocycles. The van der Waals surface area contributed by atoms with E-state index in [4.69, 9.17) is 5.73 Å². The van der Waals surface area contributed by atoms with E-state index in [1.165, 1.54) is 64.5 Å². The first-order valence-electron chi connectivity index (χ1n) is 7.75. The summed E-state index contributed by atoms with van der Waals surface area (Å²) in [6, 6.07) is 0.401. The van der Waals surface area contributed by atoms with Crippen LogP contribution in [0, 0.1) is 5.92 Å². The van der Waals surface area contributed by atoms with Crippen molar-refractivity contribution in [1.82, 2.24) is 4.90 Å². The third-order valence-corrected chi connectivity index (χ3v) is 5.49. The monoisotopic (exact) mass is 238 g/mol. The molecule has 2 N–H and O–H groups in total. The highest BCUT2D eigenvalue weighted by Gasteiger charge is 2.43. The van der Waals surface area contributed by atoms with Gasteiger partial charge < -0.3 is 5.73 Å². The molecule has 17 heavy (non-hydrogen) atoms. The largest absolute Gasteiger partial charge is 0.326 e. The van der Waals surface area contributed by atoms with Crippen molar-refractivity contribution >= 4 is 0 Å². The van der Waals surface area contributed by atoms with Crippen molar-refractivity contribution < 1.29 is 0 Å². The van der Waals surface area contributed by atoms with Gasteiger partial charge >= 0.3 is 0 Å². The molecule has 1 saturated carbocycles. The van der Waals surface area contributed by atoms with Crippen molar-refractivity contribution in [3.63, 3.8) is 0 Å². The number of hydrogen-bond donors (Lipinski definition) is 1. The maximum Gasteiger partial charge on any atom is 0.0357 e. The van der Waals surface area contributed by atoms with Crippen LogP contribution in [-0.4, -0.2) is 29.6 Å². The summed E-state index contributed by atoms with van der Waals surface area (Å²) >= 11 is 0. The highest BCUT2D eigenvalue weighted by Crippen LogP contribution is 2.38. The Labute approximate surface area is 107 Å². The van der Waals surface area contributed by atoms with Crippen molar-refractivity contribution in [2.24, 2.45) is 11.7 Å². The van der Waals surface area contributed by atoms with Crippen molar-refractivity contribution in [1.29, 1.82) is 0 Å².